The summed E-state index contributed by atoms with van der Waals surface area (Å²) < 4.78 is 31.8. The number of methoxy groups -OCH3 is 1. The summed E-state index contributed by atoms with van der Waals surface area (Å²) in [6.07, 6.45) is -0.0939. The molecule has 9 nitrogen and oxygen atoms in total. The Labute approximate surface area is 156 Å². The minimum Gasteiger partial charge on any atom is -0.495 e. The third-order valence-corrected chi connectivity index (χ3v) is 5.11. The van der Waals surface area contributed by atoms with Crippen molar-refractivity contribution >= 4 is 27.3 Å². The largest absolute Gasteiger partial charge is 0.495 e. The van der Waals surface area contributed by atoms with E-state index in [4.69, 9.17) is 4.74 Å². The number of hydrogen-bond donors (Lipinski definition) is 2. The van der Waals surface area contributed by atoms with Gasteiger partial charge in [0.2, 0.25) is 15.9 Å². The molecule has 0 saturated heterocycles. The van der Waals surface area contributed by atoms with E-state index in [9.17, 15) is 23.3 Å². The molecule has 0 aliphatic rings. The number of nitrogens with zero attached hydrogens (tertiary/aromatic N) is 1. The quantitative estimate of drug-likeness (QED) is 0.523. The van der Waals surface area contributed by atoms with E-state index in [1.165, 1.54) is 7.11 Å². The lowest BCUT2D eigenvalue weighted by molar-refractivity contribution is -0.384. The molecule has 2 aromatic carbocycles. The average molecular weight is 393 g/mol. The lowest BCUT2D eigenvalue weighted by Crippen LogP contribution is -2.27. The highest BCUT2D eigenvalue weighted by molar-refractivity contribution is 7.89. The van der Waals surface area contributed by atoms with Gasteiger partial charge in [0.15, 0.2) is 0 Å². The number of carbonyl (C=O) groups is 1. The van der Waals surface area contributed by atoms with Crippen molar-refractivity contribution in [2.45, 2.75) is 18.2 Å². The number of nitro groups is 1. The van der Waals surface area contributed by atoms with Crippen molar-refractivity contribution in [3.8, 4) is 5.75 Å². The van der Waals surface area contributed by atoms with Crippen molar-refractivity contribution in [1.29, 1.82) is 0 Å². The van der Waals surface area contributed by atoms with Gasteiger partial charge in [0.05, 0.1) is 22.6 Å². The smallest absolute Gasteiger partial charge is 0.269 e. The molecule has 1 amide bonds. The number of sulfonamides is 1. The molecule has 0 aromatic heterocycles. The molecule has 0 fully saturated rings. The van der Waals surface area contributed by atoms with Crippen LogP contribution in [-0.4, -0.2) is 32.9 Å². The van der Waals surface area contributed by atoms with Gasteiger partial charge in [-0.3, -0.25) is 14.9 Å². The fourth-order valence-electron chi connectivity index (χ4n) is 2.26. The highest BCUT2D eigenvalue weighted by Gasteiger charge is 2.16. The van der Waals surface area contributed by atoms with E-state index < -0.39 is 14.9 Å². The van der Waals surface area contributed by atoms with Gasteiger partial charge in [-0.05, 0) is 36.8 Å². The minimum absolute atomic E-state index is 0.0939. The minimum atomic E-state index is -3.87. The molecule has 0 unspecified atom stereocenters. The van der Waals surface area contributed by atoms with Gasteiger partial charge in [0.1, 0.15) is 5.75 Å². The van der Waals surface area contributed by atoms with Gasteiger partial charge in [-0.1, -0.05) is 6.07 Å². The van der Waals surface area contributed by atoms with Gasteiger partial charge in [0.25, 0.3) is 5.69 Å². The van der Waals surface area contributed by atoms with E-state index in [-0.39, 0.29) is 29.5 Å². The van der Waals surface area contributed by atoms with Gasteiger partial charge in [0, 0.05) is 25.1 Å². The number of benzene rings is 2. The number of ether oxygens (including phenoxy) is 1. The predicted molar refractivity (Wildman–Crippen MR) is 99.3 cm³/mol. The van der Waals surface area contributed by atoms with Crippen LogP contribution in [0.25, 0.3) is 0 Å². The second-order valence-electron chi connectivity index (χ2n) is 5.65. The maximum absolute atomic E-state index is 12.2. The van der Waals surface area contributed by atoms with Crippen LogP contribution in [0, 0.1) is 17.0 Å². The summed E-state index contributed by atoms with van der Waals surface area (Å²) in [4.78, 5) is 21.9. The molecule has 27 heavy (non-hydrogen) atoms. The lowest BCUT2D eigenvalue weighted by Gasteiger charge is -2.11. The van der Waals surface area contributed by atoms with E-state index >= 15 is 0 Å². The van der Waals surface area contributed by atoms with E-state index in [0.717, 1.165) is 29.8 Å². The number of hydrogen-bond acceptors (Lipinski definition) is 6. The standard InChI is InChI=1S/C17H19N3O6S/c1-12-3-8-16(26-2)15(11-12)19-17(21)9-10-18-27(24,25)14-6-4-13(5-7-14)20(22)23/h3-8,11,18H,9-10H2,1-2H3,(H,19,21). The van der Waals surface area contributed by atoms with Crippen molar-refractivity contribution < 1.29 is 22.9 Å². The van der Waals surface area contributed by atoms with Crippen LogP contribution in [0.4, 0.5) is 11.4 Å². The number of carbonyl (C=O) groups excluding carboxylic acids is 1. The number of non-ortho nitro benzene ring substituents is 1. The molecule has 2 aromatic rings. The Balaban J connectivity index is 1.94. The Morgan fingerprint density at radius 3 is 2.44 bits per heavy atom. The van der Waals surface area contributed by atoms with Crippen LogP contribution in [0.15, 0.2) is 47.4 Å². The maximum atomic E-state index is 12.2. The fourth-order valence-corrected chi connectivity index (χ4v) is 3.29. The van der Waals surface area contributed by atoms with Crippen LogP contribution in [-0.2, 0) is 14.8 Å². The first-order valence-electron chi connectivity index (χ1n) is 7.91. The molecule has 0 aliphatic carbocycles. The molecule has 0 saturated carbocycles. The van der Waals surface area contributed by atoms with Crippen LogP contribution in [0.5, 0.6) is 5.75 Å². The van der Waals surface area contributed by atoms with Crippen molar-refractivity contribution in [2.24, 2.45) is 0 Å². The molecule has 0 atom stereocenters. The van der Waals surface area contributed by atoms with E-state index in [2.05, 4.69) is 10.0 Å². The van der Waals surface area contributed by atoms with Crippen LogP contribution in [0.2, 0.25) is 0 Å². The number of aryl methyl sites for hydroxylation is 1. The summed E-state index contributed by atoms with van der Waals surface area (Å²) in [7, 11) is -2.38. The molecule has 144 valence electrons. The Kier molecular flexibility index (Phi) is 6.48. The zero-order chi connectivity index (χ0) is 20.0. The zero-order valence-corrected chi connectivity index (χ0v) is 15.6. The van der Waals surface area contributed by atoms with Crippen molar-refractivity contribution in [1.82, 2.24) is 4.72 Å². The van der Waals surface area contributed by atoms with Crippen molar-refractivity contribution in [2.75, 3.05) is 19.0 Å². The highest BCUT2D eigenvalue weighted by Crippen LogP contribution is 2.25. The topological polar surface area (TPSA) is 128 Å². The van der Waals surface area contributed by atoms with E-state index in [1.54, 1.807) is 12.1 Å². The van der Waals surface area contributed by atoms with Crippen LogP contribution < -0.4 is 14.8 Å². The molecule has 0 spiro atoms. The first-order valence-corrected chi connectivity index (χ1v) is 9.40. The third kappa shape index (κ3) is 5.50. The van der Waals surface area contributed by atoms with E-state index in [1.807, 2.05) is 13.0 Å². The Bertz CT molecular complexity index is 942. The predicted octanol–water partition coefficient (Wildman–Crippen LogP) is 2.22. The number of rotatable bonds is 8. The molecule has 10 heteroatoms. The molecule has 0 heterocycles. The average Bonchev–Trinajstić information content (AvgIpc) is 2.62. The first kappa shape index (κ1) is 20.3. The number of amides is 1. The van der Waals surface area contributed by atoms with Crippen molar-refractivity contribution in [3.63, 3.8) is 0 Å². The molecular weight excluding hydrogens is 374 g/mol. The summed E-state index contributed by atoms with van der Waals surface area (Å²) in [6.45, 7) is 1.74. The summed E-state index contributed by atoms with van der Waals surface area (Å²) in [5.74, 6) is 0.116. The highest BCUT2D eigenvalue weighted by atomic mass is 32.2. The van der Waals surface area contributed by atoms with Gasteiger partial charge >= 0.3 is 0 Å². The Hall–Kier alpha value is -2.98. The number of anilines is 1. The third-order valence-electron chi connectivity index (χ3n) is 3.63. The van der Waals surface area contributed by atoms with Gasteiger partial charge < -0.3 is 10.1 Å². The van der Waals surface area contributed by atoms with Crippen LogP contribution in [0.1, 0.15) is 12.0 Å². The first-order chi connectivity index (χ1) is 12.7. The van der Waals surface area contributed by atoms with Crippen molar-refractivity contribution in [3.05, 3.63) is 58.1 Å². The second-order valence-corrected chi connectivity index (χ2v) is 7.42. The normalized spacial score (nSPS) is 11.0. The maximum Gasteiger partial charge on any atom is 0.269 e. The van der Waals surface area contributed by atoms with Gasteiger partial charge in [-0.2, -0.15) is 0 Å². The monoisotopic (exact) mass is 393 g/mol. The molecule has 0 radical (unpaired) electrons. The Morgan fingerprint density at radius 2 is 1.85 bits per heavy atom. The summed E-state index contributed by atoms with van der Waals surface area (Å²) in [6, 6.07) is 9.79. The number of nitro benzene ring substituents is 1. The van der Waals surface area contributed by atoms with E-state index in [0.29, 0.717) is 11.4 Å². The molecule has 2 rings (SSSR count). The molecular formula is C17H19N3O6S. The molecule has 0 bridgehead atoms. The fraction of sp³-hybridized carbons (Fsp3) is 0.235. The Morgan fingerprint density at radius 1 is 1.19 bits per heavy atom. The summed E-state index contributed by atoms with van der Waals surface area (Å²) in [5.41, 5.74) is 1.23. The summed E-state index contributed by atoms with van der Waals surface area (Å²) >= 11 is 0. The van der Waals surface area contributed by atoms with Gasteiger partial charge in [-0.25, -0.2) is 13.1 Å². The number of nitrogens with one attached hydrogen (secondary N) is 2. The molecule has 0 aliphatic heterocycles. The zero-order valence-electron chi connectivity index (χ0n) is 14.8. The molecule has 2 N–H and O–H groups in total. The van der Waals surface area contributed by atoms with Gasteiger partial charge in [-0.15, -0.1) is 0 Å². The van der Waals surface area contributed by atoms with Crippen LogP contribution >= 0.6 is 0 Å². The lowest BCUT2D eigenvalue weighted by atomic mass is 10.2. The van der Waals surface area contributed by atoms with Crippen LogP contribution in [0.3, 0.4) is 0 Å². The summed E-state index contributed by atoms with van der Waals surface area (Å²) in [5, 5.41) is 13.3. The SMILES string of the molecule is COc1ccc(C)cc1NC(=O)CCNS(=O)(=O)c1ccc([N+](=O)[O-])cc1. The second kappa shape index (κ2) is 8.60.